The molecule has 3 aromatic carbocycles. The van der Waals surface area contributed by atoms with E-state index in [1.165, 1.54) is 22.5 Å². The van der Waals surface area contributed by atoms with Crippen LogP contribution in [-0.2, 0) is 12.8 Å². The normalized spacial score (nSPS) is 13.7. The Balaban J connectivity index is 0.000000196. The SMILES string of the molecule is CC(CN(C)C)CN1c2ccccc2CCc2ccccc21.O=c1[nH]c2cc(Cl)ccc2o1. The largest absolute Gasteiger partial charge is 0.417 e. The number of H-pyrrole nitrogens is 1. The van der Waals surface area contributed by atoms with E-state index < -0.39 is 5.76 Å². The van der Waals surface area contributed by atoms with E-state index in [1.807, 2.05) is 0 Å². The first-order valence-electron chi connectivity index (χ1n) is 11.3. The predicted octanol–water partition coefficient (Wildman–Crippen LogP) is 5.90. The number of fused-ring (bicyclic) bond motifs is 3. The Kier molecular flexibility index (Phi) is 7.21. The van der Waals surface area contributed by atoms with Crippen molar-refractivity contribution in [2.75, 3.05) is 32.1 Å². The van der Waals surface area contributed by atoms with Gasteiger partial charge in [0, 0.05) is 29.5 Å². The summed E-state index contributed by atoms with van der Waals surface area (Å²) in [4.78, 5) is 17.9. The zero-order chi connectivity index (χ0) is 23.4. The van der Waals surface area contributed by atoms with Gasteiger partial charge in [0.15, 0.2) is 5.58 Å². The van der Waals surface area contributed by atoms with Gasteiger partial charge < -0.3 is 14.2 Å². The Morgan fingerprint density at radius 2 is 1.61 bits per heavy atom. The molecular weight excluding hydrogens is 434 g/mol. The molecule has 0 saturated carbocycles. The van der Waals surface area contributed by atoms with Crippen LogP contribution in [-0.4, -0.2) is 37.1 Å². The Labute approximate surface area is 199 Å². The van der Waals surface area contributed by atoms with Gasteiger partial charge in [-0.3, -0.25) is 4.98 Å². The van der Waals surface area contributed by atoms with Gasteiger partial charge in [-0.2, -0.15) is 0 Å². The monoisotopic (exact) mass is 463 g/mol. The first-order chi connectivity index (χ1) is 15.9. The van der Waals surface area contributed by atoms with Crippen molar-refractivity contribution < 1.29 is 4.42 Å². The molecule has 0 spiro atoms. The molecule has 0 saturated heterocycles. The van der Waals surface area contributed by atoms with Crippen LogP contribution in [0.5, 0.6) is 0 Å². The third kappa shape index (κ3) is 5.67. The molecule has 6 heteroatoms. The number of aromatic amines is 1. The van der Waals surface area contributed by atoms with Gasteiger partial charge in [0.1, 0.15) is 0 Å². The molecule has 5 nitrogen and oxygen atoms in total. The molecule has 33 heavy (non-hydrogen) atoms. The van der Waals surface area contributed by atoms with Crippen LogP contribution in [0.2, 0.25) is 5.02 Å². The third-order valence-corrected chi connectivity index (χ3v) is 6.02. The quantitative estimate of drug-likeness (QED) is 0.409. The molecule has 0 amide bonds. The van der Waals surface area contributed by atoms with E-state index in [0.29, 0.717) is 22.0 Å². The van der Waals surface area contributed by atoms with Crippen LogP contribution >= 0.6 is 11.6 Å². The highest BCUT2D eigenvalue weighted by Crippen LogP contribution is 2.36. The van der Waals surface area contributed by atoms with Crippen molar-refractivity contribution in [2.24, 2.45) is 5.92 Å². The van der Waals surface area contributed by atoms with Gasteiger partial charge in [0.2, 0.25) is 0 Å². The van der Waals surface area contributed by atoms with Crippen LogP contribution in [0, 0.1) is 5.92 Å². The first kappa shape index (κ1) is 23.1. The summed E-state index contributed by atoms with van der Waals surface area (Å²) in [6.45, 7) is 4.52. The first-order valence-corrected chi connectivity index (χ1v) is 11.6. The minimum Gasteiger partial charge on any atom is -0.408 e. The van der Waals surface area contributed by atoms with Crippen LogP contribution in [0.25, 0.3) is 11.1 Å². The van der Waals surface area contributed by atoms with Crippen LogP contribution in [0.1, 0.15) is 18.1 Å². The van der Waals surface area contributed by atoms with Crippen molar-refractivity contribution >= 4 is 34.1 Å². The van der Waals surface area contributed by atoms with Gasteiger partial charge in [-0.25, -0.2) is 4.79 Å². The van der Waals surface area contributed by atoms with Gasteiger partial charge in [0.25, 0.3) is 0 Å². The summed E-state index contributed by atoms with van der Waals surface area (Å²) in [5.74, 6) is 0.163. The summed E-state index contributed by atoms with van der Waals surface area (Å²) in [5.41, 5.74) is 6.87. The van der Waals surface area contributed by atoms with Crippen molar-refractivity contribution in [3.05, 3.63) is 93.4 Å². The number of para-hydroxylation sites is 2. The highest BCUT2D eigenvalue weighted by atomic mass is 35.5. The van der Waals surface area contributed by atoms with Crippen LogP contribution in [0.15, 0.2) is 75.9 Å². The fourth-order valence-corrected chi connectivity index (χ4v) is 4.66. The molecule has 1 N–H and O–H groups in total. The Morgan fingerprint density at radius 3 is 2.21 bits per heavy atom. The Hall–Kier alpha value is -3.02. The predicted molar refractivity (Wildman–Crippen MR) is 137 cm³/mol. The highest BCUT2D eigenvalue weighted by molar-refractivity contribution is 6.31. The molecule has 1 aliphatic rings. The topological polar surface area (TPSA) is 52.5 Å². The number of benzene rings is 3. The Morgan fingerprint density at radius 1 is 1.00 bits per heavy atom. The van der Waals surface area contributed by atoms with E-state index in [-0.39, 0.29) is 0 Å². The van der Waals surface area contributed by atoms with Crippen molar-refractivity contribution in [2.45, 2.75) is 19.8 Å². The minimum atomic E-state index is -0.456. The fraction of sp³-hybridized carbons (Fsp3) is 0.296. The molecule has 172 valence electrons. The number of aromatic nitrogens is 1. The van der Waals surface area contributed by atoms with Gasteiger partial charge >= 0.3 is 5.76 Å². The lowest BCUT2D eigenvalue weighted by Gasteiger charge is -2.30. The highest BCUT2D eigenvalue weighted by Gasteiger charge is 2.21. The third-order valence-electron chi connectivity index (χ3n) is 5.78. The lowest BCUT2D eigenvalue weighted by atomic mass is 10.0. The van der Waals surface area contributed by atoms with Gasteiger partial charge in [-0.15, -0.1) is 0 Å². The lowest BCUT2D eigenvalue weighted by molar-refractivity contribution is 0.343. The molecule has 0 fully saturated rings. The smallest absolute Gasteiger partial charge is 0.408 e. The van der Waals surface area contributed by atoms with E-state index in [1.54, 1.807) is 18.2 Å². The summed E-state index contributed by atoms with van der Waals surface area (Å²) in [6, 6.07) is 22.7. The van der Waals surface area contributed by atoms with E-state index in [4.69, 9.17) is 16.0 Å². The van der Waals surface area contributed by atoms with Gasteiger partial charge in [-0.1, -0.05) is 54.9 Å². The van der Waals surface area contributed by atoms with Crippen molar-refractivity contribution in [3.63, 3.8) is 0 Å². The van der Waals surface area contributed by atoms with Crippen LogP contribution in [0.4, 0.5) is 11.4 Å². The number of anilines is 2. The number of hydrogen-bond acceptors (Lipinski definition) is 4. The Bertz CT molecular complexity index is 1230. The summed E-state index contributed by atoms with van der Waals surface area (Å²) in [7, 11) is 4.31. The molecule has 5 rings (SSSR count). The number of hydrogen-bond donors (Lipinski definition) is 1. The van der Waals surface area contributed by atoms with E-state index in [0.717, 1.165) is 25.9 Å². The zero-order valence-electron chi connectivity index (χ0n) is 19.3. The zero-order valence-corrected chi connectivity index (χ0v) is 20.1. The lowest BCUT2D eigenvalue weighted by Crippen LogP contribution is -2.30. The van der Waals surface area contributed by atoms with E-state index >= 15 is 0 Å². The van der Waals surface area contributed by atoms with E-state index in [9.17, 15) is 4.79 Å². The van der Waals surface area contributed by atoms with Gasteiger partial charge in [0.05, 0.1) is 5.52 Å². The molecule has 1 aromatic heterocycles. The molecule has 1 aliphatic heterocycles. The van der Waals surface area contributed by atoms with E-state index in [2.05, 4.69) is 84.3 Å². The second-order valence-electron chi connectivity index (χ2n) is 8.89. The number of rotatable bonds is 4. The minimum absolute atomic E-state index is 0.456. The van der Waals surface area contributed by atoms with Crippen molar-refractivity contribution in [1.82, 2.24) is 9.88 Å². The molecule has 4 aromatic rings. The maximum absolute atomic E-state index is 10.6. The average molecular weight is 464 g/mol. The standard InChI is InChI=1S/C20H26N2.C7H4ClNO2/c1-16(14-21(2)3)15-22-19-10-6-4-8-17(19)12-13-18-9-5-7-11-20(18)22;8-4-1-2-6-5(3-4)9-7(10)11-6/h4-11,16H,12-15H2,1-3H3;1-3H,(H,9,10). The summed E-state index contributed by atoms with van der Waals surface area (Å²) in [6.07, 6.45) is 2.26. The summed E-state index contributed by atoms with van der Waals surface area (Å²) < 4.78 is 4.75. The molecule has 0 bridgehead atoms. The molecule has 1 atom stereocenters. The molecule has 0 aliphatic carbocycles. The number of nitrogens with one attached hydrogen (secondary N) is 1. The van der Waals surface area contributed by atoms with Crippen molar-refractivity contribution in [1.29, 1.82) is 0 Å². The maximum atomic E-state index is 10.6. The number of aryl methyl sites for hydroxylation is 2. The molecule has 1 unspecified atom stereocenters. The second kappa shape index (κ2) is 10.3. The fourth-order valence-electron chi connectivity index (χ4n) is 4.48. The molecule has 0 radical (unpaired) electrons. The number of halogens is 1. The molecular formula is C27H30ClN3O2. The molecule has 2 heterocycles. The maximum Gasteiger partial charge on any atom is 0.417 e. The van der Waals surface area contributed by atoms with Crippen LogP contribution in [0.3, 0.4) is 0 Å². The average Bonchev–Trinajstić information content (AvgIpc) is 3.08. The summed E-state index contributed by atoms with van der Waals surface area (Å²) in [5, 5.41) is 0.578. The van der Waals surface area contributed by atoms with Crippen molar-refractivity contribution in [3.8, 4) is 0 Å². The second-order valence-corrected chi connectivity index (χ2v) is 9.33. The van der Waals surface area contributed by atoms with Crippen LogP contribution < -0.4 is 10.7 Å². The number of nitrogens with zero attached hydrogens (tertiary/aromatic N) is 2. The number of oxazole rings is 1. The van der Waals surface area contributed by atoms with Gasteiger partial charge in [-0.05, 0) is 74.3 Å². The summed E-state index contributed by atoms with van der Waals surface area (Å²) >= 11 is 5.66.